The van der Waals surface area contributed by atoms with Gasteiger partial charge in [0, 0.05) is 12.6 Å². The van der Waals surface area contributed by atoms with Crippen LogP contribution in [-0.2, 0) is 4.79 Å². The summed E-state index contributed by atoms with van der Waals surface area (Å²) in [5.41, 5.74) is 5.19. The summed E-state index contributed by atoms with van der Waals surface area (Å²) in [6.07, 6.45) is 4.88. The lowest BCUT2D eigenvalue weighted by molar-refractivity contribution is -0.131. The van der Waals surface area contributed by atoms with Gasteiger partial charge in [-0.2, -0.15) is 0 Å². The normalized spacial score (nSPS) is 28.2. The van der Waals surface area contributed by atoms with Crippen molar-refractivity contribution < 1.29 is 4.79 Å². The van der Waals surface area contributed by atoms with E-state index < -0.39 is 5.41 Å². The zero-order chi connectivity index (χ0) is 12.5. The van der Waals surface area contributed by atoms with Crippen LogP contribution in [0.4, 0.5) is 0 Å². The Morgan fingerprint density at radius 2 is 2.18 bits per heavy atom. The molecule has 2 rings (SSSR count). The van der Waals surface area contributed by atoms with Crippen LogP contribution in [0.25, 0.3) is 0 Å². The molecule has 5 heteroatoms. The molecule has 0 aromatic carbocycles. The molecule has 17 heavy (non-hydrogen) atoms. The van der Waals surface area contributed by atoms with Crippen molar-refractivity contribution in [3.8, 4) is 0 Å². The third-order valence-electron chi connectivity index (χ3n) is 4.07. The number of likely N-dealkylation sites (tertiary alicyclic amines) is 1. The predicted molar refractivity (Wildman–Crippen MR) is 71.7 cm³/mol. The van der Waals surface area contributed by atoms with Crippen LogP contribution in [0.5, 0.6) is 0 Å². The second-order valence-corrected chi connectivity index (χ2v) is 5.81. The van der Waals surface area contributed by atoms with E-state index in [1.165, 1.54) is 0 Å². The number of rotatable bonds is 3. The van der Waals surface area contributed by atoms with Gasteiger partial charge in [-0.1, -0.05) is 18.6 Å². The van der Waals surface area contributed by atoms with Gasteiger partial charge in [0.25, 0.3) is 0 Å². The zero-order valence-corrected chi connectivity index (χ0v) is 11.2. The first-order valence-corrected chi connectivity index (χ1v) is 6.75. The number of carbonyl (C=O) groups is 1. The lowest BCUT2D eigenvalue weighted by Gasteiger charge is -2.41. The van der Waals surface area contributed by atoms with E-state index in [9.17, 15) is 4.79 Å². The van der Waals surface area contributed by atoms with Crippen molar-refractivity contribution in [2.45, 2.75) is 38.1 Å². The van der Waals surface area contributed by atoms with Crippen molar-refractivity contribution in [2.75, 3.05) is 20.1 Å². The molecule has 1 atom stereocenters. The molecule has 2 aliphatic rings. The number of amides is 1. The highest BCUT2D eigenvalue weighted by Crippen LogP contribution is 2.41. The maximum absolute atomic E-state index is 12.3. The average Bonchev–Trinajstić information content (AvgIpc) is 2.14. The van der Waals surface area contributed by atoms with Crippen LogP contribution in [0.3, 0.4) is 0 Å². The highest BCUT2D eigenvalue weighted by molar-refractivity contribution is 7.80. The van der Waals surface area contributed by atoms with E-state index in [2.05, 4.69) is 17.3 Å². The van der Waals surface area contributed by atoms with E-state index in [4.69, 9.17) is 18.0 Å². The van der Waals surface area contributed by atoms with Crippen molar-refractivity contribution >= 4 is 23.1 Å². The molecule has 1 heterocycles. The van der Waals surface area contributed by atoms with Gasteiger partial charge in [-0.15, -0.1) is 0 Å². The third-order valence-corrected chi connectivity index (χ3v) is 4.46. The molecule has 3 N–H and O–H groups in total. The number of nitrogens with zero attached hydrogens (tertiary/aromatic N) is 1. The van der Waals surface area contributed by atoms with Crippen LogP contribution in [0, 0.1) is 5.41 Å². The zero-order valence-electron chi connectivity index (χ0n) is 10.4. The second-order valence-electron chi connectivity index (χ2n) is 5.37. The number of nitrogens with two attached hydrogens (primary N) is 1. The Morgan fingerprint density at radius 1 is 1.47 bits per heavy atom. The van der Waals surface area contributed by atoms with E-state index in [-0.39, 0.29) is 11.9 Å². The van der Waals surface area contributed by atoms with Gasteiger partial charge in [-0.05, 0) is 39.3 Å². The fraction of sp³-hybridized carbons (Fsp3) is 0.833. The first kappa shape index (κ1) is 12.8. The van der Waals surface area contributed by atoms with Gasteiger partial charge in [0.1, 0.15) is 0 Å². The average molecular weight is 255 g/mol. The molecule has 4 nitrogen and oxygen atoms in total. The lowest BCUT2D eigenvalue weighted by Crippen LogP contribution is -2.57. The van der Waals surface area contributed by atoms with E-state index >= 15 is 0 Å². The molecule has 0 spiro atoms. The summed E-state index contributed by atoms with van der Waals surface area (Å²) in [7, 11) is 2.09. The smallest absolute Gasteiger partial charge is 0.233 e. The SMILES string of the molecule is CN1CCCC(NC(=O)C2(C(N)=S)CCC2)C1. The van der Waals surface area contributed by atoms with Crippen LogP contribution >= 0.6 is 12.2 Å². The van der Waals surface area contributed by atoms with Crippen molar-refractivity contribution in [1.29, 1.82) is 0 Å². The van der Waals surface area contributed by atoms with Crippen molar-refractivity contribution in [3.05, 3.63) is 0 Å². The summed E-state index contributed by atoms with van der Waals surface area (Å²) in [4.78, 5) is 14.9. The fourth-order valence-corrected chi connectivity index (χ4v) is 3.02. The number of hydrogen-bond donors (Lipinski definition) is 2. The molecule has 1 unspecified atom stereocenters. The van der Waals surface area contributed by atoms with Crippen LogP contribution in [0.1, 0.15) is 32.1 Å². The van der Waals surface area contributed by atoms with E-state index in [1.807, 2.05) is 0 Å². The van der Waals surface area contributed by atoms with E-state index in [1.54, 1.807) is 0 Å². The number of likely N-dealkylation sites (N-methyl/N-ethyl adjacent to an activating group) is 1. The molecular formula is C12H21N3OS. The van der Waals surface area contributed by atoms with Gasteiger partial charge >= 0.3 is 0 Å². The largest absolute Gasteiger partial charge is 0.392 e. The summed E-state index contributed by atoms with van der Waals surface area (Å²) in [5.74, 6) is 0.0524. The first-order chi connectivity index (χ1) is 8.04. The first-order valence-electron chi connectivity index (χ1n) is 6.34. The molecule has 1 saturated heterocycles. The Labute approximate surface area is 108 Å². The van der Waals surface area contributed by atoms with Crippen molar-refractivity contribution in [3.63, 3.8) is 0 Å². The predicted octanol–water partition coefficient (Wildman–Crippen LogP) is 0.653. The molecule has 96 valence electrons. The monoisotopic (exact) mass is 255 g/mol. The quantitative estimate of drug-likeness (QED) is 0.727. The molecule has 0 radical (unpaired) electrons. The fourth-order valence-electron chi connectivity index (χ4n) is 2.72. The summed E-state index contributed by atoms with van der Waals surface area (Å²) < 4.78 is 0. The molecular weight excluding hydrogens is 234 g/mol. The maximum Gasteiger partial charge on any atom is 0.233 e. The summed E-state index contributed by atoms with van der Waals surface area (Å²) in [6.45, 7) is 2.05. The minimum absolute atomic E-state index is 0.0524. The van der Waals surface area contributed by atoms with Crippen molar-refractivity contribution in [1.82, 2.24) is 10.2 Å². The van der Waals surface area contributed by atoms with E-state index in [0.29, 0.717) is 4.99 Å². The number of nitrogens with one attached hydrogen (secondary N) is 1. The van der Waals surface area contributed by atoms with Crippen LogP contribution in [0.15, 0.2) is 0 Å². The molecule has 1 saturated carbocycles. The number of piperidine rings is 1. The standard InChI is InChI=1S/C12H21N3OS/c1-15-7-2-4-9(8-15)14-11(16)12(10(13)17)5-3-6-12/h9H,2-8H2,1H3,(H2,13,17)(H,14,16). The molecule has 1 amide bonds. The maximum atomic E-state index is 12.3. The molecule has 1 aliphatic heterocycles. The van der Waals surface area contributed by atoms with Crippen LogP contribution in [-0.4, -0.2) is 42.0 Å². The number of hydrogen-bond acceptors (Lipinski definition) is 3. The number of carbonyl (C=O) groups excluding carboxylic acids is 1. The Balaban J connectivity index is 1.94. The van der Waals surface area contributed by atoms with Gasteiger partial charge < -0.3 is 16.0 Å². The van der Waals surface area contributed by atoms with Gasteiger partial charge in [0.2, 0.25) is 5.91 Å². The number of thiocarbonyl (C=S) groups is 1. The molecule has 2 fully saturated rings. The van der Waals surface area contributed by atoms with E-state index in [0.717, 1.165) is 45.2 Å². The second kappa shape index (κ2) is 4.90. The summed E-state index contributed by atoms with van der Waals surface area (Å²) in [5, 5.41) is 3.13. The highest BCUT2D eigenvalue weighted by atomic mass is 32.1. The van der Waals surface area contributed by atoms with Gasteiger partial charge in [0.15, 0.2) is 0 Å². The van der Waals surface area contributed by atoms with Gasteiger partial charge in [-0.3, -0.25) is 4.79 Å². The van der Waals surface area contributed by atoms with Gasteiger partial charge in [-0.25, -0.2) is 0 Å². The molecule has 0 aromatic rings. The van der Waals surface area contributed by atoms with Crippen molar-refractivity contribution in [2.24, 2.45) is 11.1 Å². The summed E-state index contributed by atoms with van der Waals surface area (Å²) in [6, 6.07) is 0.257. The Morgan fingerprint density at radius 3 is 2.65 bits per heavy atom. The van der Waals surface area contributed by atoms with Crippen LogP contribution in [0.2, 0.25) is 0 Å². The topological polar surface area (TPSA) is 58.4 Å². The lowest BCUT2D eigenvalue weighted by atomic mass is 9.68. The molecule has 0 aromatic heterocycles. The Bertz CT molecular complexity index is 328. The highest BCUT2D eigenvalue weighted by Gasteiger charge is 2.47. The third kappa shape index (κ3) is 2.45. The van der Waals surface area contributed by atoms with Gasteiger partial charge in [0.05, 0.1) is 10.4 Å². The molecule has 1 aliphatic carbocycles. The molecule has 0 bridgehead atoms. The Kier molecular flexibility index (Phi) is 3.68. The minimum Gasteiger partial charge on any atom is -0.392 e. The summed E-state index contributed by atoms with van der Waals surface area (Å²) >= 11 is 5.05. The van der Waals surface area contributed by atoms with Crippen LogP contribution < -0.4 is 11.1 Å². The Hall–Kier alpha value is -0.680. The minimum atomic E-state index is -0.536.